The number of pyridine rings is 1. The fraction of sp³-hybridized carbons (Fsp3) is 0.318. The van der Waals surface area contributed by atoms with Gasteiger partial charge in [0.15, 0.2) is 0 Å². The van der Waals surface area contributed by atoms with Gasteiger partial charge in [-0.1, -0.05) is 48.5 Å². The molecular weight excluding hydrogens is 294 g/mol. The van der Waals surface area contributed by atoms with Crippen LogP contribution in [0.5, 0.6) is 0 Å². The Hall–Kier alpha value is -2.19. The highest BCUT2D eigenvalue weighted by atomic mass is 16.3. The fourth-order valence-corrected chi connectivity index (χ4v) is 3.07. The average molecular weight is 319 g/mol. The third kappa shape index (κ3) is 4.42. The van der Waals surface area contributed by atoms with E-state index in [1.54, 1.807) is 0 Å². The lowest BCUT2D eigenvalue weighted by Gasteiger charge is -2.16. The van der Waals surface area contributed by atoms with Crippen LogP contribution in [0.2, 0.25) is 0 Å². The van der Waals surface area contributed by atoms with Gasteiger partial charge in [-0.05, 0) is 55.7 Å². The molecule has 3 aromatic rings. The number of aliphatic hydroxyl groups is 1. The van der Waals surface area contributed by atoms with E-state index in [4.69, 9.17) is 0 Å². The van der Waals surface area contributed by atoms with Gasteiger partial charge in [0.05, 0.1) is 11.3 Å². The Morgan fingerprint density at radius 1 is 0.917 bits per heavy atom. The summed E-state index contributed by atoms with van der Waals surface area (Å²) in [6, 6.07) is 19.3. The van der Waals surface area contributed by atoms with Crippen LogP contribution in [0.4, 0.5) is 0 Å². The van der Waals surface area contributed by atoms with E-state index in [9.17, 15) is 5.11 Å². The number of hydrogen-bond acceptors (Lipinski definition) is 2. The van der Waals surface area contributed by atoms with Crippen molar-refractivity contribution in [2.75, 3.05) is 0 Å². The minimum Gasteiger partial charge on any atom is -0.390 e. The smallest absolute Gasteiger partial charge is 0.0591 e. The predicted octanol–water partition coefficient (Wildman–Crippen LogP) is 4.92. The molecule has 0 saturated heterocycles. The Balaban J connectivity index is 1.68. The second-order valence-corrected chi connectivity index (χ2v) is 7.14. The van der Waals surface area contributed by atoms with E-state index < -0.39 is 5.60 Å². The zero-order chi connectivity index (χ0) is 17.0. The molecule has 1 aromatic heterocycles. The molecule has 0 radical (unpaired) electrons. The highest BCUT2D eigenvalue weighted by Crippen LogP contribution is 2.20. The Morgan fingerprint density at radius 2 is 1.62 bits per heavy atom. The van der Waals surface area contributed by atoms with Crippen LogP contribution in [0.15, 0.2) is 60.8 Å². The van der Waals surface area contributed by atoms with E-state index in [0.29, 0.717) is 0 Å². The second-order valence-electron chi connectivity index (χ2n) is 7.14. The van der Waals surface area contributed by atoms with Crippen LogP contribution in [0.25, 0.3) is 10.8 Å². The summed E-state index contributed by atoms with van der Waals surface area (Å²) in [7, 11) is 0. The second kappa shape index (κ2) is 7.14. The van der Waals surface area contributed by atoms with Gasteiger partial charge >= 0.3 is 0 Å². The van der Waals surface area contributed by atoms with Crippen LogP contribution in [0.1, 0.15) is 43.5 Å². The van der Waals surface area contributed by atoms with E-state index in [2.05, 4.69) is 59.6 Å². The lowest BCUT2D eigenvalue weighted by molar-refractivity contribution is 0.0689. The maximum absolute atomic E-state index is 9.78. The quantitative estimate of drug-likeness (QED) is 0.699. The molecule has 0 saturated carbocycles. The molecule has 3 rings (SSSR count). The van der Waals surface area contributed by atoms with Gasteiger partial charge in [-0.3, -0.25) is 4.98 Å². The molecule has 0 aliphatic heterocycles. The first-order valence-electron chi connectivity index (χ1n) is 8.64. The first-order valence-corrected chi connectivity index (χ1v) is 8.64. The summed E-state index contributed by atoms with van der Waals surface area (Å²) in [5.41, 5.74) is 3.17. The van der Waals surface area contributed by atoms with Gasteiger partial charge in [0, 0.05) is 18.0 Å². The van der Waals surface area contributed by atoms with Crippen LogP contribution < -0.4 is 0 Å². The average Bonchev–Trinajstić information content (AvgIpc) is 2.56. The van der Waals surface area contributed by atoms with Gasteiger partial charge in [-0.15, -0.1) is 0 Å². The van der Waals surface area contributed by atoms with Gasteiger partial charge in [0.25, 0.3) is 0 Å². The summed E-state index contributed by atoms with van der Waals surface area (Å²) in [6.07, 6.45) is 5.59. The molecule has 2 nitrogen and oxygen atoms in total. The van der Waals surface area contributed by atoms with Crippen molar-refractivity contribution < 1.29 is 5.11 Å². The molecule has 0 atom stereocenters. The molecule has 0 aliphatic carbocycles. The van der Waals surface area contributed by atoms with E-state index in [1.807, 2.05) is 20.0 Å². The van der Waals surface area contributed by atoms with Crippen molar-refractivity contribution in [1.29, 1.82) is 0 Å². The molecule has 2 heteroatoms. The van der Waals surface area contributed by atoms with Crippen molar-refractivity contribution >= 4 is 10.8 Å². The van der Waals surface area contributed by atoms with Crippen molar-refractivity contribution in [3.8, 4) is 0 Å². The summed E-state index contributed by atoms with van der Waals surface area (Å²) in [5, 5.41) is 12.3. The predicted molar refractivity (Wildman–Crippen MR) is 100 cm³/mol. The van der Waals surface area contributed by atoms with Crippen molar-refractivity contribution in [3.63, 3.8) is 0 Å². The molecule has 0 bridgehead atoms. The van der Waals surface area contributed by atoms with E-state index in [0.717, 1.165) is 31.4 Å². The largest absolute Gasteiger partial charge is 0.390 e. The van der Waals surface area contributed by atoms with Crippen LogP contribution >= 0.6 is 0 Å². The molecule has 24 heavy (non-hydrogen) atoms. The summed E-state index contributed by atoms with van der Waals surface area (Å²) in [5.74, 6) is 0. The molecule has 124 valence electrons. The first kappa shape index (κ1) is 16.7. The Bertz CT molecular complexity index is 795. The minimum absolute atomic E-state index is 0.569. The number of hydrogen-bond donors (Lipinski definition) is 1. The van der Waals surface area contributed by atoms with Crippen LogP contribution in [-0.4, -0.2) is 15.7 Å². The van der Waals surface area contributed by atoms with Crippen molar-refractivity contribution in [3.05, 3.63) is 77.6 Å². The SMILES string of the molecule is CC(C)(O)CCCc1ccc(Cc2nccc3ccccc23)cc1. The Kier molecular flexibility index (Phi) is 4.96. The minimum atomic E-state index is -0.569. The number of nitrogens with zero attached hydrogens (tertiary/aromatic N) is 1. The van der Waals surface area contributed by atoms with E-state index in [1.165, 1.54) is 21.9 Å². The van der Waals surface area contributed by atoms with Crippen molar-refractivity contribution in [2.45, 2.75) is 45.1 Å². The van der Waals surface area contributed by atoms with Crippen molar-refractivity contribution in [1.82, 2.24) is 4.98 Å². The normalized spacial score (nSPS) is 11.8. The monoisotopic (exact) mass is 319 g/mol. The standard InChI is InChI=1S/C22H25NO/c1-22(2,24)14-5-6-17-9-11-18(12-10-17)16-21-20-8-4-3-7-19(20)13-15-23-21/h3-4,7-13,15,24H,5-6,14,16H2,1-2H3. The van der Waals surface area contributed by atoms with E-state index in [-0.39, 0.29) is 0 Å². The maximum atomic E-state index is 9.78. The summed E-state index contributed by atoms with van der Waals surface area (Å²) in [4.78, 5) is 4.57. The number of rotatable bonds is 6. The highest BCUT2D eigenvalue weighted by molar-refractivity contribution is 5.84. The third-order valence-electron chi connectivity index (χ3n) is 4.40. The molecule has 0 unspecified atom stereocenters. The molecule has 0 fully saturated rings. The van der Waals surface area contributed by atoms with E-state index >= 15 is 0 Å². The van der Waals surface area contributed by atoms with Crippen molar-refractivity contribution in [2.24, 2.45) is 0 Å². The molecule has 1 heterocycles. The van der Waals surface area contributed by atoms with Gasteiger partial charge in [-0.25, -0.2) is 0 Å². The molecule has 1 N–H and O–H groups in total. The Labute approximate surface area is 144 Å². The van der Waals surface area contributed by atoms with Gasteiger partial charge in [0.2, 0.25) is 0 Å². The number of benzene rings is 2. The van der Waals surface area contributed by atoms with Gasteiger partial charge in [-0.2, -0.15) is 0 Å². The van der Waals surface area contributed by atoms with Crippen LogP contribution in [0.3, 0.4) is 0 Å². The highest BCUT2D eigenvalue weighted by Gasteiger charge is 2.11. The van der Waals surface area contributed by atoms with Gasteiger partial charge < -0.3 is 5.11 Å². The maximum Gasteiger partial charge on any atom is 0.0591 e. The number of fused-ring (bicyclic) bond motifs is 1. The molecular formula is C22H25NO. The molecule has 0 aliphatic rings. The molecule has 0 spiro atoms. The van der Waals surface area contributed by atoms with Crippen LogP contribution in [-0.2, 0) is 12.8 Å². The third-order valence-corrected chi connectivity index (χ3v) is 4.40. The molecule has 2 aromatic carbocycles. The zero-order valence-corrected chi connectivity index (χ0v) is 14.5. The fourth-order valence-electron chi connectivity index (χ4n) is 3.07. The topological polar surface area (TPSA) is 33.1 Å². The summed E-state index contributed by atoms with van der Waals surface area (Å²) < 4.78 is 0. The lowest BCUT2D eigenvalue weighted by atomic mass is 9.97. The zero-order valence-electron chi connectivity index (χ0n) is 14.5. The number of aromatic nitrogens is 1. The lowest BCUT2D eigenvalue weighted by Crippen LogP contribution is -2.18. The van der Waals surface area contributed by atoms with Gasteiger partial charge in [0.1, 0.15) is 0 Å². The summed E-state index contributed by atoms with van der Waals surface area (Å²) in [6.45, 7) is 3.74. The first-order chi connectivity index (χ1) is 11.5. The van der Waals surface area contributed by atoms with Crippen LogP contribution in [0, 0.1) is 0 Å². The Morgan fingerprint density at radius 3 is 2.38 bits per heavy atom. The number of aryl methyl sites for hydroxylation is 1. The summed E-state index contributed by atoms with van der Waals surface area (Å²) >= 11 is 0. The molecule has 0 amide bonds.